The van der Waals surface area contributed by atoms with Gasteiger partial charge in [-0.05, 0) is 12.8 Å². The van der Waals surface area contributed by atoms with E-state index in [-0.39, 0.29) is 5.92 Å². The summed E-state index contributed by atoms with van der Waals surface area (Å²) in [5.41, 5.74) is -1.47. The van der Waals surface area contributed by atoms with Crippen molar-refractivity contribution in [2.45, 2.75) is 31.3 Å². The highest BCUT2D eigenvalue weighted by Crippen LogP contribution is 2.31. The first kappa shape index (κ1) is 9.51. The molecule has 0 N–H and O–H groups in total. The number of alkyl halides is 3. The third kappa shape index (κ3) is 2.30. The number of hydrogen-bond donors (Lipinski definition) is 0. The van der Waals surface area contributed by atoms with Gasteiger partial charge < -0.3 is 0 Å². The van der Waals surface area contributed by atoms with Gasteiger partial charge in [-0.25, -0.2) is 4.39 Å². The van der Waals surface area contributed by atoms with Crippen molar-refractivity contribution in [3.63, 3.8) is 0 Å². The second-order valence-electron chi connectivity index (χ2n) is 2.61. The lowest BCUT2D eigenvalue weighted by Crippen LogP contribution is -2.32. The molecule has 0 aliphatic heterocycles. The number of hydrogen-bond acceptors (Lipinski definition) is 0. The molecule has 0 aromatic carbocycles. The molecule has 0 heterocycles. The van der Waals surface area contributed by atoms with Crippen molar-refractivity contribution in [2.24, 2.45) is 5.92 Å². The van der Waals surface area contributed by atoms with Crippen LogP contribution in [0.25, 0.3) is 0 Å². The summed E-state index contributed by atoms with van der Waals surface area (Å²) in [5.74, 6) is -0.141. The highest BCUT2D eigenvalue weighted by Gasteiger charge is 2.34. The third-order valence-electron chi connectivity index (χ3n) is 1.56. The first-order chi connectivity index (χ1) is 3.89. The Bertz CT molecular complexity index is 79.1. The molecule has 3 heteroatoms. The summed E-state index contributed by atoms with van der Waals surface area (Å²) in [6, 6.07) is 0. The van der Waals surface area contributed by atoms with Crippen LogP contribution in [0, 0.1) is 5.92 Å². The van der Waals surface area contributed by atoms with Crippen molar-refractivity contribution in [2.75, 3.05) is 0 Å². The summed E-state index contributed by atoms with van der Waals surface area (Å²) in [6.07, 6.45) is 0. The molecule has 0 aliphatic carbocycles. The fraction of sp³-hybridized carbons (Fsp3) is 1.00. The van der Waals surface area contributed by atoms with Crippen LogP contribution in [-0.2, 0) is 0 Å². The quantitative estimate of drug-likeness (QED) is 0.562. The SMILES string of the molecule is CC(C)C(C)(F)C(Cl)Cl. The van der Waals surface area contributed by atoms with Crippen LogP contribution < -0.4 is 0 Å². The van der Waals surface area contributed by atoms with E-state index in [1.54, 1.807) is 13.8 Å². The van der Waals surface area contributed by atoms with E-state index in [4.69, 9.17) is 23.2 Å². The monoisotopic (exact) mass is 172 g/mol. The Balaban J connectivity index is 4.01. The highest BCUT2D eigenvalue weighted by molar-refractivity contribution is 6.45. The third-order valence-corrected chi connectivity index (χ3v) is 2.41. The molecule has 0 bridgehead atoms. The van der Waals surface area contributed by atoms with Crippen LogP contribution in [0.4, 0.5) is 4.39 Å². The van der Waals surface area contributed by atoms with Gasteiger partial charge in [-0.15, -0.1) is 23.2 Å². The van der Waals surface area contributed by atoms with Crippen LogP contribution in [0.5, 0.6) is 0 Å². The molecule has 0 aromatic heterocycles. The van der Waals surface area contributed by atoms with Crippen molar-refractivity contribution in [3.05, 3.63) is 0 Å². The molecule has 0 saturated heterocycles. The molecule has 1 unspecified atom stereocenters. The molecule has 0 saturated carbocycles. The molecule has 1 atom stereocenters. The molecule has 0 aliphatic rings. The van der Waals surface area contributed by atoms with Gasteiger partial charge in [-0.3, -0.25) is 0 Å². The van der Waals surface area contributed by atoms with E-state index in [2.05, 4.69) is 0 Å². The molecule has 0 amide bonds. The van der Waals surface area contributed by atoms with Gasteiger partial charge >= 0.3 is 0 Å². The van der Waals surface area contributed by atoms with Crippen LogP contribution in [-0.4, -0.2) is 10.5 Å². The van der Waals surface area contributed by atoms with E-state index < -0.39 is 10.5 Å². The van der Waals surface area contributed by atoms with E-state index in [1.165, 1.54) is 6.92 Å². The summed E-state index contributed by atoms with van der Waals surface area (Å²) in [7, 11) is 0. The average molecular weight is 173 g/mol. The Morgan fingerprint density at radius 2 is 1.67 bits per heavy atom. The maximum Gasteiger partial charge on any atom is 0.141 e. The Morgan fingerprint density at radius 1 is 1.33 bits per heavy atom. The molecule has 0 aromatic rings. The van der Waals surface area contributed by atoms with Gasteiger partial charge in [0.15, 0.2) is 0 Å². The van der Waals surface area contributed by atoms with Gasteiger partial charge in [-0.2, -0.15) is 0 Å². The van der Waals surface area contributed by atoms with Crippen LogP contribution in [0.2, 0.25) is 0 Å². The van der Waals surface area contributed by atoms with Gasteiger partial charge in [0.25, 0.3) is 0 Å². The maximum atomic E-state index is 13.1. The molecular weight excluding hydrogens is 162 g/mol. The predicted molar refractivity (Wildman–Crippen MR) is 39.8 cm³/mol. The minimum absolute atomic E-state index is 0.141. The fourth-order valence-corrected chi connectivity index (χ4v) is 0.756. The van der Waals surface area contributed by atoms with Crippen molar-refractivity contribution in [1.82, 2.24) is 0 Å². The molecule has 56 valence electrons. The van der Waals surface area contributed by atoms with Gasteiger partial charge in [0, 0.05) is 0 Å². The second-order valence-corrected chi connectivity index (χ2v) is 3.70. The van der Waals surface area contributed by atoms with Gasteiger partial charge in [0.1, 0.15) is 10.5 Å². The Labute approximate surface area is 65.3 Å². The van der Waals surface area contributed by atoms with Crippen LogP contribution >= 0.6 is 23.2 Å². The first-order valence-corrected chi connectivity index (χ1v) is 3.73. The van der Waals surface area contributed by atoms with Crippen molar-refractivity contribution in [1.29, 1.82) is 0 Å². The lowest BCUT2D eigenvalue weighted by atomic mass is 9.97. The first-order valence-electron chi connectivity index (χ1n) is 2.86. The molecular formula is C6H11Cl2F. The molecule has 0 spiro atoms. The normalized spacial score (nSPS) is 18.7. The number of rotatable bonds is 2. The zero-order valence-electron chi connectivity index (χ0n) is 5.79. The van der Waals surface area contributed by atoms with Crippen LogP contribution in [0.1, 0.15) is 20.8 Å². The summed E-state index contributed by atoms with van der Waals surface area (Å²) >= 11 is 10.7. The van der Waals surface area contributed by atoms with Gasteiger partial charge in [0.05, 0.1) is 0 Å². The maximum absolute atomic E-state index is 13.1. The number of halogens is 3. The molecule has 0 nitrogen and oxygen atoms in total. The lowest BCUT2D eigenvalue weighted by molar-refractivity contribution is 0.140. The largest absolute Gasteiger partial charge is 0.241 e. The Morgan fingerprint density at radius 3 is 1.67 bits per heavy atom. The molecule has 0 rings (SSSR count). The second kappa shape index (κ2) is 3.07. The fourth-order valence-electron chi connectivity index (χ4n) is 0.252. The summed E-state index contributed by atoms with van der Waals surface area (Å²) in [4.78, 5) is -0.933. The topological polar surface area (TPSA) is 0 Å². The predicted octanol–water partition coefficient (Wildman–Crippen LogP) is 3.17. The highest BCUT2D eigenvalue weighted by atomic mass is 35.5. The minimum Gasteiger partial charge on any atom is -0.241 e. The zero-order valence-corrected chi connectivity index (χ0v) is 7.30. The summed E-state index contributed by atoms with van der Waals surface area (Å²) < 4.78 is 13.1. The van der Waals surface area contributed by atoms with Crippen molar-refractivity contribution in [3.8, 4) is 0 Å². The lowest BCUT2D eigenvalue weighted by Gasteiger charge is -2.25. The summed E-state index contributed by atoms with van der Waals surface area (Å²) in [6.45, 7) is 4.90. The van der Waals surface area contributed by atoms with E-state index >= 15 is 0 Å². The Hall–Kier alpha value is 0.510. The molecule has 9 heavy (non-hydrogen) atoms. The van der Waals surface area contributed by atoms with E-state index in [9.17, 15) is 4.39 Å². The van der Waals surface area contributed by atoms with Crippen molar-refractivity contribution >= 4 is 23.2 Å². The van der Waals surface area contributed by atoms with Crippen LogP contribution in [0.3, 0.4) is 0 Å². The minimum atomic E-state index is -1.47. The zero-order chi connectivity index (χ0) is 7.65. The van der Waals surface area contributed by atoms with E-state index in [1.807, 2.05) is 0 Å². The van der Waals surface area contributed by atoms with Crippen LogP contribution in [0.15, 0.2) is 0 Å². The molecule has 0 fully saturated rings. The summed E-state index contributed by atoms with van der Waals surface area (Å²) in [5, 5.41) is 0. The smallest absolute Gasteiger partial charge is 0.141 e. The Kier molecular flexibility index (Phi) is 3.24. The van der Waals surface area contributed by atoms with E-state index in [0.29, 0.717) is 0 Å². The van der Waals surface area contributed by atoms with E-state index in [0.717, 1.165) is 0 Å². The average Bonchev–Trinajstić information content (AvgIpc) is 1.65. The standard InChI is InChI=1S/C6H11Cl2F/c1-4(2)6(3,9)5(7)8/h4-5H,1-3H3. The molecule has 0 radical (unpaired) electrons. The van der Waals surface area contributed by atoms with Gasteiger partial charge in [-0.1, -0.05) is 13.8 Å². The van der Waals surface area contributed by atoms with Crippen molar-refractivity contribution < 1.29 is 4.39 Å². The van der Waals surface area contributed by atoms with Gasteiger partial charge in [0.2, 0.25) is 0 Å².